The Kier molecular flexibility index (Phi) is 3.15. The molecule has 18 heavy (non-hydrogen) atoms. The first-order valence-electron chi connectivity index (χ1n) is 5.29. The molecule has 2 amide bonds. The number of amides is 2. The zero-order valence-electron chi connectivity index (χ0n) is 9.35. The molecule has 0 spiro atoms. The molecule has 1 aliphatic rings. The van der Waals surface area contributed by atoms with Crippen molar-refractivity contribution in [2.24, 2.45) is 11.5 Å². The first kappa shape index (κ1) is 12.3. The Morgan fingerprint density at radius 3 is 2.94 bits per heavy atom. The van der Waals surface area contributed by atoms with Gasteiger partial charge in [-0.05, 0) is 12.1 Å². The normalized spacial score (nSPS) is 19.4. The summed E-state index contributed by atoms with van der Waals surface area (Å²) in [5, 5.41) is 2.48. The monoisotopic (exact) mass is 253 g/mol. The van der Waals surface area contributed by atoms with Gasteiger partial charge < -0.3 is 21.5 Å². The first-order valence-corrected chi connectivity index (χ1v) is 5.29. The quantitative estimate of drug-likeness (QED) is 0.689. The lowest BCUT2D eigenvalue weighted by Gasteiger charge is -2.26. The molecule has 6 nitrogen and oxygen atoms in total. The standard InChI is InChI=1S/C11H12FN3O3/c12-5-1-2-8-7(3-5)15-11(17)9(18-8)4-6(13)10(14)16/h1-3,6,9H,4,13H2,(H2,14,16)(H,15,17)/t6?,9-/m0/s1. The maximum absolute atomic E-state index is 12.9. The second-order valence-corrected chi connectivity index (χ2v) is 3.98. The van der Waals surface area contributed by atoms with E-state index in [1.165, 1.54) is 12.1 Å². The maximum Gasteiger partial charge on any atom is 0.265 e. The van der Waals surface area contributed by atoms with Crippen molar-refractivity contribution in [3.05, 3.63) is 24.0 Å². The van der Waals surface area contributed by atoms with Crippen molar-refractivity contribution in [1.29, 1.82) is 0 Å². The van der Waals surface area contributed by atoms with Crippen LogP contribution in [0.1, 0.15) is 6.42 Å². The van der Waals surface area contributed by atoms with E-state index in [1.54, 1.807) is 0 Å². The molecule has 0 fully saturated rings. The van der Waals surface area contributed by atoms with Crippen molar-refractivity contribution in [3.63, 3.8) is 0 Å². The van der Waals surface area contributed by atoms with Crippen LogP contribution in [0.25, 0.3) is 0 Å². The number of nitrogens with one attached hydrogen (secondary N) is 1. The van der Waals surface area contributed by atoms with Gasteiger partial charge in [-0.1, -0.05) is 0 Å². The van der Waals surface area contributed by atoms with Gasteiger partial charge in [0, 0.05) is 12.5 Å². The van der Waals surface area contributed by atoms with E-state index in [4.69, 9.17) is 16.2 Å². The van der Waals surface area contributed by atoms with E-state index in [9.17, 15) is 14.0 Å². The minimum Gasteiger partial charge on any atom is -0.478 e. The number of primary amides is 1. The van der Waals surface area contributed by atoms with Gasteiger partial charge in [0.15, 0.2) is 6.10 Å². The summed E-state index contributed by atoms with van der Waals surface area (Å²) in [4.78, 5) is 22.5. The second kappa shape index (κ2) is 4.61. The van der Waals surface area contributed by atoms with Crippen molar-refractivity contribution in [1.82, 2.24) is 0 Å². The van der Waals surface area contributed by atoms with E-state index in [0.717, 1.165) is 6.07 Å². The molecule has 7 heteroatoms. The Labute approximate surface area is 102 Å². The molecule has 2 rings (SSSR count). The van der Waals surface area contributed by atoms with E-state index in [1.807, 2.05) is 0 Å². The van der Waals surface area contributed by atoms with Crippen LogP contribution < -0.4 is 21.5 Å². The fourth-order valence-corrected chi connectivity index (χ4v) is 1.62. The van der Waals surface area contributed by atoms with E-state index in [2.05, 4.69) is 5.32 Å². The van der Waals surface area contributed by atoms with Crippen molar-refractivity contribution in [3.8, 4) is 5.75 Å². The molecule has 96 valence electrons. The molecule has 0 saturated carbocycles. The summed E-state index contributed by atoms with van der Waals surface area (Å²) < 4.78 is 18.3. The highest BCUT2D eigenvalue weighted by Crippen LogP contribution is 2.30. The average molecular weight is 253 g/mol. The third kappa shape index (κ3) is 2.40. The molecule has 0 aromatic heterocycles. The van der Waals surface area contributed by atoms with Gasteiger partial charge in [0.05, 0.1) is 11.7 Å². The fraction of sp³-hybridized carbons (Fsp3) is 0.273. The van der Waals surface area contributed by atoms with Crippen LogP contribution in [0.15, 0.2) is 18.2 Å². The molecule has 1 aromatic carbocycles. The molecule has 0 saturated heterocycles. The minimum absolute atomic E-state index is 0.0298. The number of carbonyl (C=O) groups excluding carboxylic acids is 2. The van der Waals surface area contributed by atoms with Crippen LogP contribution in [-0.4, -0.2) is 24.0 Å². The molecule has 1 aromatic rings. The first-order chi connectivity index (χ1) is 8.47. The predicted molar refractivity (Wildman–Crippen MR) is 61.2 cm³/mol. The summed E-state index contributed by atoms with van der Waals surface area (Å²) in [5.41, 5.74) is 10.7. The molecule has 2 atom stereocenters. The van der Waals surface area contributed by atoms with Crippen molar-refractivity contribution >= 4 is 17.5 Å². The lowest BCUT2D eigenvalue weighted by Crippen LogP contribution is -2.45. The summed E-state index contributed by atoms with van der Waals surface area (Å²) in [6.45, 7) is 0. The molecule has 1 heterocycles. The van der Waals surface area contributed by atoms with Crippen LogP contribution in [-0.2, 0) is 9.59 Å². The minimum atomic E-state index is -0.970. The second-order valence-electron chi connectivity index (χ2n) is 3.98. The number of fused-ring (bicyclic) bond motifs is 1. The van der Waals surface area contributed by atoms with Gasteiger partial charge in [-0.15, -0.1) is 0 Å². The number of ether oxygens (including phenoxy) is 1. The Balaban J connectivity index is 2.16. The number of carbonyl (C=O) groups is 2. The van der Waals surface area contributed by atoms with Gasteiger partial charge in [-0.25, -0.2) is 4.39 Å². The van der Waals surface area contributed by atoms with Gasteiger partial charge in [0.2, 0.25) is 5.91 Å². The van der Waals surface area contributed by atoms with Crippen LogP contribution in [0.2, 0.25) is 0 Å². The average Bonchev–Trinajstić information content (AvgIpc) is 2.30. The highest BCUT2D eigenvalue weighted by molar-refractivity contribution is 5.98. The lowest BCUT2D eigenvalue weighted by atomic mass is 10.1. The number of hydrogen-bond acceptors (Lipinski definition) is 4. The molecule has 0 radical (unpaired) electrons. The molecular formula is C11H12FN3O3. The van der Waals surface area contributed by atoms with Crippen LogP contribution in [0.3, 0.4) is 0 Å². The summed E-state index contributed by atoms with van der Waals surface area (Å²) >= 11 is 0. The number of halogens is 1. The van der Waals surface area contributed by atoms with E-state index >= 15 is 0 Å². The van der Waals surface area contributed by atoms with Crippen LogP contribution in [0.5, 0.6) is 5.75 Å². The Bertz CT molecular complexity index is 506. The predicted octanol–water partition coefficient (Wildman–Crippen LogP) is -0.272. The summed E-state index contributed by atoms with van der Waals surface area (Å²) in [7, 11) is 0. The van der Waals surface area contributed by atoms with Gasteiger partial charge in [0.25, 0.3) is 5.91 Å². The number of benzene rings is 1. The van der Waals surface area contributed by atoms with Crippen molar-refractivity contribution in [2.45, 2.75) is 18.6 Å². The number of hydrogen-bond donors (Lipinski definition) is 3. The summed E-state index contributed by atoms with van der Waals surface area (Å²) in [6.07, 6.45) is -0.941. The molecule has 0 aliphatic carbocycles. The van der Waals surface area contributed by atoms with Crippen LogP contribution in [0.4, 0.5) is 10.1 Å². The van der Waals surface area contributed by atoms with Gasteiger partial charge in [0.1, 0.15) is 11.6 Å². The maximum atomic E-state index is 12.9. The largest absolute Gasteiger partial charge is 0.478 e. The van der Waals surface area contributed by atoms with Gasteiger partial charge >= 0.3 is 0 Å². The van der Waals surface area contributed by atoms with Gasteiger partial charge in [-0.3, -0.25) is 9.59 Å². The highest BCUT2D eigenvalue weighted by atomic mass is 19.1. The van der Waals surface area contributed by atoms with E-state index < -0.39 is 29.8 Å². The molecule has 5 N–H and O–H groups in total. The molecular weight excluding hydrogens is 241 g/mol. The Hall–Kier alpha value is -2.15. The third-order valence-corrected chi connectivity index (χ3v) is 2.59. The Morgan fingerprint density at radius 2 is 2.28 bits per heavy atom. The topological polar surface area (TPSA) is 107 Å². The third-order valence-electron chi connectivity index (χ3n) is 2.59. The zero-order chi connectivity index (χ0) is 13.3. The highest BCUT2D eigenvalue weighted by Gasteiger charge is 2.30. The SMILES string of the molecule is NC(=O)C(N)C[C@@H]1Oc2ccc(F)cc2NC1=O. The van der Waals surface area contributed by atoms with Crippen molar-refractivity contribution < 1.29 is 18.7 Å². The van der Waals surface area contributed by atoms with E-state index in [-0.39, 0.29) is 12.1 Å². The summed E-state index contributed by atoms with van der Waals surface area (Å²) in [5.74, 6) is -1.34. The molecule has 1 unspecified atom stereocenters. The van der Waals surface area contributed by atoms with Crippen LogP contribution in [0, 0.1) is 5.82 Å². The van der Waals surface area contributed by atoms with Gasteiger partial charge in [-0.2, -0.15) is 0 Å². The van der Waals surface area contributed by atoms with Crippen LogP contribution >= 0.6 is 0 Å². The van der Waals surface area contributed by atoms with Crippen molar-refractivity contribution in [2.75, 3.05) is 5.32 Å². The molecule has 1 aliphatic heterocycles. The number of anilines is 1. The number of rotatable bonds is 3. The molecule has 0 bridgehead atoms. The lowest BCUT2D eigenvalue weighted by molar-refractivity contribution is -0.125. The zero-order valence-corrected chi connectivity index (χ0v) is 9.35. The van der Waals surface area contributed by atoms with E-state index in [0.29, 0.717) is 5.75 Å². The smallest absolute Gasteiger partial charge is 0.265 e. The summed E-state index contributed by atoms with van der Waals surface area (Å²) in [6, 6.07) is 2.79. The number of nitrogens with two attached hydrogens (primary N) is 2. The Morgan fingerprint density at radius 1 is 1.56 bits per heavy atom. The fourth-order valence-electron chi connectivity index (χ4n) is 1.62.